The molecule has 0 unspecified atom stereocenters. The number of halogens is 2. The van der Waals surface area contributed by atoms with Gasteiger partial charge in [0.2, 0.25) is 0 Å². The number of rotatable bonds is 20. The van der Waals surface area contributed by atoms with Crippen molar-refractivity contribution >= 4 is 66.8 Å². The Morgan fingerprint density at radius 2 is 0.521 bits per heavy atom. The fourth-order valence-corrected chi connectivity index (χ4v) is 17.5. The number of hydrogen-bond donors (Lipinski definition) is 0. The highest BCUT2D eigenvalue weighted by Gasteiger charge is 2.20. The van der Waals surface area contributed by atoms with Crippen LogP contribution in [-0.4, -0.2) is 156 Å². The Morgan fingerprint density at radius 3 is 0.777 bits per heavy atom. The predicted molar refractivity (Wildman–Crippen MR) is 490 cm³/mol. The monoisotopic (exact) mass is 1650 g/mol. The first-order chi connectivity index (χ1) is 59.1. The summed E-state index contributed by atoms with van der Waals surface area (Å²) in [6, 6.07) is 68.9. The third-order valence-electron chi connectivity index (χ3n) is 24.0. The molecule has 0 bridgehead atoms. The first kappa shape index (κ1) is 81.2. The van der Waals surface area contributed by atoms with Crippen molar-refractivity contribution < 1.29 is 0 Å². The van der Waals surface area contributed by atoms with Crippen molar-refractivity contribution in [2.24, 2.45) is 0 Å². The summed E-state index contributed by atoms with van der Waals surface area (Å²) >= 11 is 12.3. The van der Waals surface area contributed by atoms with Crippen LogP contribution >= 0.6 is 23.2 Å². The predicted octanol–water partition coefficient (Wildman–Crippen LogP) is 18.0. The van der Waals surface area contributed by atoms with E-state index in [1.54, 1.807) is 60.9 Å². The van der Waals surface area contributed by atoms with E-state index in [4.69, 9.17) is 23.2 Å². The molecule has 16 aromatic rings. The van der Waals surface area contributed by atoms with E-state index in [1.165, 1.54) is 120 Å². The average Bonchev–Trinajstić information content (AvgIpc) is 1.74. The minimum absolute atomic E-state index is 0.0335. The van der Waals surface area contributed by atoms with Crippen molar-refractivity contribution in [2.45, 2.75) is 98.3 Å². The van der Waals surface area contributed by atoms with Gasteiger partial charge in [-0.3, -0.25) is 56.2 Å². The van der Waals surface area contributed by atoms with Gasteiger partial charge in [0.1, 0.15) is 0 Å². The zero-order valence-electron chi connectivity index (χ0n) is 68.8. The van der Waals surface area contributed by atoms with E-state index in [0.717, 1.165) is 163 Å². The zero-order chi connectivity index (χ0) is 82.9. The molecule has 0 atom stereocenters. The van der Waals surface area contributed by atoms with Gasteiger partial charge in [-0.2, -0.15) is 20.4 Å². The molecule has 0 radical (unpaired) electrons. The van der Waals surface area contributed by atoms with Gasteiger partial charge in [-0.05, 0) is 273 Å². The quantitative estimate of drug-likeness (QED) is 0.0708. The van der Waals surface area contributed by atoms with Crippen LogP contribution in [0.15, 0.2) is 281 Å². The summed E-state index contributed by atoms with van der Waals surface area (Å²) in [5.41, 5.74) is 18.8. The lowest BCUT2D eigenvalue weighted by atomic mass is 10.1. The van der Waals surface area contributed by atoms with E-state index in [1.807, 2.05) is 133 Å². The lowest BCUT2D eigenvalue weighted by Crippen LogP contribution is -2.24. The van der Waals surface area contributed by atoms with Gasteiger partial charge in [0.05, 0.1) is 73.0 Å². The number of fused-ring (bicyclic) bond motifs is 4. The normalized spacial score (nSPS) is 14.6. The highest BCUT2D eigenvalue weighted by Crippen LogP contribution is 2.32. The first-order valence-electron chi connectivity index (χ1n) is 42.4. The molecule has 8 aromatic heterocycles. The van der Waals surface area contributed by atoms with E-state index >= 15 is 0 Å². The van der Waals surface area contributed by atoms with Crippen molar-refractivity contribution in [3.8, 4) is 67.3 Å². The number of benzene rings is 8. The molecule has 20 nitrogen and oxygen atoms in total. The topological polar surface area (TPSA) is 172 Å². The molecule has 20 rings (SSSR count). The van der Waals surface area contributed by atoms with Crippen LogP contribution in [0.1, 0.15) is 68.1 Å². The summed E-state index contributed by atoms with van der Waals surface area (Å²) in [5, 5.41) is 23.6. The number of aryl methyl sites for hydroxylation is 3. The molecule has 4 fully saturated rings. The van der Waals surface area contributed by atoms with Gasteiger partial charge in [0.25, 0.3) is 22.2 Å². The standard InChI is InChI=1S/3C25H26N4O.C24H22Cl2N4O/c3*1-19-4-6-20(7-5-19)21-10-13-28(25(30)17-21)23-8-9-24-22(16-23)18-26-29(24)15-14-27-11-2-3-12-27;25-19-3-5-21(22(26)15-19)17-7-10-29(24(31)14-17)20-4-6-23-18(13-20)16-27-30(23)12-11-28-8-1-2-9-28/h3*4-10,13,16-18H,2-3,11-12,14-15H2,1H3;3-7,10,13-16H,1-2,8-9,11-12H2. The van der Waals surface area contributed by atoms with Crippen LogP contribution < -0.4 is 22.2 Å². The van der Waals surface area contributed by atoms with Crippen LogP contribution in [0, 0.1) is 20.8 Å². The first-order valence-corrected chi connectivity index (χ1v) is 43.2. The molecular weight excluding hydrogens is 1550 g/mol. The average molecular weight is 1650 g/mol. The van der Waals surface area contributed by atoms with Gasteiger partial charge in [-0.25, -0.2) is 0 Å². The molecular formula is C99H100Cl2N16O4. The Morgan fingerprint density at radius 1 is 0.264 bits per heavy atom. The summed E-state index contributed by atoms with van der Waals surface area (Å²) in [4.78, 5) is 61.2. The van der Waals surface area contributed by atoms with Crippen LogP contribution in [0.2, 0.25) is 10.0 Å². The Bertz CT molecular complexity index is 6120. The third kappa shape index (κ3) is 19.2. The highest BCUT2D eigenvalue weighted by atomic mass is 35.5. The number of hydrogen-bond acceptors (Lipinski definition) is 12. The van der Waals surface area contributed by atoms with Gasteiger partial charge in [0.15, 0.2) is 0 Å². The van der Waals surface area contributed by atoms with E-state index in [-0.39, 0.29) is 22.2 Å². The van der Waals surface area contributed by atoms with Crippen LogP contribution in [0.5, 0.6) is 0 Å². The fraction of sp³-hybridized carbons (Fsp3) is 0.273. The lowest BCUT2D eigenvalue weighted by Gasteiger charge is -2.14. The maximum Gasteiger partial charge on any atom is 0.255 e. The third-order valence-corrected chi connectivity index (χ3v) is 24.5. The van der Waals surface area contributed by atoms with Crippen LogP contribution in [0.3, 0.4) is 0 Å². The molecule has 8 aromatic carbocycles. The van der Waals surface area contributed by atoms with Gasteiger partial charge in [-0.15, -0.1) is 0 Å². The lowest BCUT2D eigenvalue weighted by molar-refractivity contribution is 0.318. The van der Waals surface area contributed by atoms with Crippen molar-refractivity contribution in [3.63, 3.8) is 0 Å². The summed E-state index contributed by atoms with van der Waals surface area (Å²) in [6.45, 7) is 23.5. The minimum atomic E-state index is -0.121. The van der Waals surface area contributed by atoms with Gasteiger partial charge in [-0.1, -0.05) is 119 Å². The molecule has 22 heteroatoms. The molecule has 12 heterocycles. The second-order valence-corrected chi connectivity index (χ2v) is 33.2. The summed E-state index contributed by atoms with van der Waals surface area (Å²) in [6.07, 6.45) is 25.3. The van der Waals surface area contributed by atoms with E-state index < -0.39 is 0 Å². The molecule has 4 aliphatic rings. The molecule has 0 aliphatic carbocycles. The number of nitrogens with zero attached hydrogens (tertiary/aromatic N) is 16. The second-order valence-electron chi connectivity index (χ2n) is 32.4. The SMILES string of the molecule is Cc1ccc(-c2ccn(-c3ccc4c(cnn4CCN4CCCC4)c3)c(=O)c2)cc1.Cc1ccc(-c2ccn(-c3ccc4c(cnn4CCN4CCCC4)c3)c(=O)c2)cc1.Cc1ccc(-c2ccn(-c3ccc4c(cnn4CCN4CCCC4)c3)c(=O)c2)cc1.O=c1cc(-c2ccc(Cl)cc2Cl)ccn1-c1ccc2c(cnn2CCN2CCCC2)c1. The van der Waals surface area contributed by atoms with Crippen molar-refractivity contribution in [1.29, 1.82) is 0 Å². The van der Waals surface area contributed by atoms with E-state index in [0.29, 0.717) is 10.0 Å². The maximum atomic E-state index is 12.9. The molecule has 4 aliphatic heterocycles. The van der Waals surface area contributed by atoms with Crippen molar-refractivity contribution in [2.75, 3.05) is 78.5 Å². The Hall–Kier alpha value is -12.1. The van der Waals surface area contributed by atoms with E-state index in [9.17, 15) is 19.2 Å². The molecule has 0 N–H and O–H groups in total. The molecule has 0 saturated carbocycles. The van der Waals surface area contributed by atoms with Gasteiger partial charge < -0.3 is 19.6 Å². The second kappa shape index (κ2) is 37.2. The van der Waals surface area contributed by atoms with E-state index in [2.05, 4.69) is 166 Å². The Labute approximate surface area is 713 Å². The number of likely N-dealkylation sites (tertiary alicyclic amines) is 4. The molecule has 614 valence electrons. The summed E-state index contributed by atoms with van der Waals surface area (Å²) in [5.74, 6) is 0. The minimum Gasteiger partial charge on any atom is -0.301 e. The highest BCUT2D eigenvalue weighted by molar-refractivity contribution is 6.36. The van der Waals surface area contributed by atoms with Crippen molar-refractivity contribution in [3.05, 3.63) is 330 Å². The molecule has 0 amide bonds. The summed E-state index contributed by atoms with van der Waals surface area (Å²) in [7, 11) is 0. The molecule has 121 heavy (non-hydrogen) atoms. The molecule has 0 spiro atoms. The number of pyridine rings is 4. The largest absolute Gasteiger partial charge is 0.301 e. The Kier molecular flexibility index (Phi) is 25.0. The van der Waals surface area contributed by atoms with Crippen molar-refractivity contribution in [1.82, 2.24) is 77.0 Å². The molecule has 4 saturated heterocycles. The Balaban J connectivity index is 0.000000115. The maximum absolute atomic E-state index is 12.9. The van der Waals surface area contributed by atoms with Gasteiger partial charge in [0, 0.05) is 135 Å². The fourth-order valence-electron chi connectivity index (χ4n) is 17.0. The zero-order valence-corrected chi connectivity index (χ0v) is 70.4. The van der Waals surface area contributed by atoms with Gasteiger partial charge >= 0.3 is 0 Å². The van der Waals surface area contributed by atoms with Crippen LogP contribution in [-0.2, 0) is 26.2 Å². The van der Waals surface area contributed by atoms with Crippen LogP contribution in [0.25, 0.3) is 111 Å². The number of aromatic nitrogens is 12. The summed E-state index contributed by atoms with van der Waals surface area (Å²) < 4.78 is 15.0. The smallest absolute Gasteiger partial charge is 0.255 e. The van der Waals surface area contributed by atoms with Crippen LogP contribution in [0.4, 0.5) is 0 Å².